The molecule has 3 rings (SSSR count). The van der Waals surface area contributed by atoms with Gasteiger partial charge in [-0.2, -0.15) is 0 Å². The molecule has 0 saturated carbocycles. The molecule has 28 heavy (non-hydrogen) atoms. The van der Waals surface area contributed by atoms with Gasteiger partial charge in [0, 0.05) is 43.1 Å². The van der Waals surface area contributed by atoms with Gasteiger partial charge >= 0.3 is 5.97 Å². The Balaban J connectivity index is 1.69. The fraction of sp³-hybridized carbons (Fsp3) is 0.300. The molecule has 0 aliphatic carbocycles. The number of methoxy groups -OCH3 is 2. The highest BCUT2D eigenvalue weighted by Gasteiger charge is 2.24. The van der Waals surface area contributed by atoms with Gasteiger partial charge in [0.15, 0.2) is 11.5 Å². The molecular weight excluding hydrogens is 362 g/mol. The van der Waals surface area contributed by atoms with Crippen molar-refractivity contribution in [3.63, 3.8) is 0 Å². The molecule has 8 nitrogen and oxygen atoms in total. The van der Waals surface area contributed by atoms with E-state index in [2.05, 4.69) is 0 Å². The Kier molecular flexibility index (Phi) is 5.58. The fourth-order valence-corrected chi connectivity index (χ4v) is 3.25. The lowest BCUT2D eigenvalue weighted by Gasteiger charge is -2.36. The third-order valence-corrected chi connectivity index (χ3v) is 4.83. The van der Waals surface area contributed by atoms with Crippen LogP contribution >= 0.6 is 0 Å². The smallest absolute Gasteiger partial charge is 0.337 e. The first kappa shape index (κ1) is 19.3. The Labute approximate surface area is 163 Å². The van der Waals surface area contributed by atoms with Gasteiger partial charge < -0.3 is 30.1 Å². The van der Waals surface area contributed by atoms with Gasteiger partial charge in [-0.05, 0) is 36.4 Å². The number of ether oxygens (including phenoxy) is 2. The average Bonchev–Trinajstić information content (AvgIpc) is 2.73. The second-order valence-electron chi connectivity index (χ2n) is 6.43. The molecule has 0 radical (unpaired) electrons. The number of hydrogen-bond acceptors (Lipinski definition) is 6. The molecule has 0 spiro atoms. The van der Waals surface area contributed by atoms with Gasteiger partial charge in [-0.1, -0.05) is 0 Å². The molecule has 2 aromatic rings. The Morgan fingerprint density at radius 2 is 1.64 bits per heavy atom. The van der Waals surface area contributed by atoms with E-state index in [0.717, 1.165) is 5.69 Å². The third kappa shape index (κ3) is 3.80. The minimum Gasteiger partial charge on any atom is -0.493 e. The van der Waals surface area contributed by atoms with Crippen LogP contribution in [0.1, 0.15) is 20.7 Å². The summed E-state index contributed by atoms with van der Waals surface area (Å²) >= 11 is 0. The summed E-state index contributed by atoms with van der Waals surface area (Å²) in [5, 5.41) is 9.24. The van der Waals surface area contributed by atoms with Crippen LogP contribution in [0.2, 0.25) is 0 Å². The maximum atomic E-state index is 12.8. The number of anilines is 2. The van der Waals surface area contributed by atoms with E-state index in [1.54, 1.807) is 48.4 Å². The van der Waals surface area contributed by atoms with Crippen LogP contribution in [0.5, 0.6) is 11.5 Å². The second-order valence-corrected chi connectivity index (χ2v) is 6.43. The minimum atomic E-state index is -1.05. The number of carbonyl (C=O) groups excluding carboxylic acids is 1. The van der Waals surface area contributed by atoms with E-state index in [9.17, 15) is 14.7 Å². The number of carbonyl (C=O) groups is 2. The first-order valence-corrected chi connectivity index (χ1v) is 8.83. The Hall–Kier alpha value is -3.42. The molecule has 2 aromatic carbocycles. The van der Waals surface area contributed by atoms with E-state index in [-0.39, 0.29) is 17.2 Å². The number of rotatable bonds is 5. The van der Waals surface area contributed by atoms with Crippen LogP contribution in [0.25, 0.3) is 0 Å². The molecule has 8 heteroatoms. The summed E-state index contributed by atoms with van der Waals surface area (Å²) in [7, 11) is 3.08. The Morgan fingerprint density at radius 1 is 0.964 bits per heavy atom. The Bertz CT molecular complexity index is 891. The lowest BCUT2D eigenvalue weighted by molar-refractivity contribution is 0.0697. The molecule has 1 heterocycles. The Morgan fingerprint density at radius 3 is 2.25 bits per heavy atom. The molecule has 1 aliphatic rings. The average molecular weight is 385 g/mol. The van der Waals surface area contributed by atoms with Crippen molar-refractivity contribution in [2.45, 2.75) is 0 Å². The predicted octanol–water partition coefficient (Wildman–Crippen LogP) is 1.95. The summed E-state index contributed by atoms with van der Waals surface area (Å²) in [6, 6.07) is 10.1. The maximum Gasteiger partial charge on any atom is 0.337 e. The zero-order chi connectivity index (χ0) is 20.3. The lowest BCUT2D eigenvalue weighted by atomic mass is 10.1. The number of aromatic carboxylic acids is 1. The number of carboxylic acids is 1. The van der Waals surface area contributed by atoms with E-state index in [1.807, 2.05) is 4.90 Å². The van der Waals surface area contributed by atoms with Gasteiger partial charge in [-0.15, -0.1) is 0 Å². The topological polar surface area (TPSA) is 105 Å². The molecule has 0 atom stereocenters. The van der Waals surface area contributed by atoms with E-state index in [4.69, 9.17) is 15.2 Å². The molecule has 1 aliphatic heterocycles. The fourth-order valence-electron chi connectivity index (χ4n) is 3.25. The van der Waals surface area contributed by atoms with Crippen molar-refractivity contribution < 1.29 is 24.2 Å². The molecule has 0 bridgehead atoms. The van der Waals surface area contributed by atoms with Crippen molar-refractivity contribution in [3.8, 4) is 11.5 Å². The standard InChI is InChI=1S/C20H23N3O5/c1-27-17-6-3-13(11-18(17)28-2)19(24)23-9-7-22(8-10-23)14-4-5-16(21)15(12-14)20(25)26/h3-6,11-12H,7-10,21H2,1-2H3,(H,25,26). The second kappa shape index (κ2) is 8.08. The summed E-state index contributed by atoms with van der Waals surface area (Å²) in [6.07, 6.45) is 0. The first-order chi connectivity index (χ1) is 13.4. The van der Waals surface area contributed by atoms with Gasteiger partial charge in [0.2, 0.25) is 0 Å². The number of nitrogens with two attached hydrogens (primary N) is 1. The molecule has 3 N–H and O–H groups in total. The van der Waals surface area contributed by atoms with Gasteiger partial charge in [0.1, 0.15) is 0 Å². The number of amides is 1. The van der Waals surface area contributed by atoms with E-state index in [0.29, 0.717) is 43.2 Å². The molecule has 1 amide bonds. The number of benzene rings is 2. The summed E-state index contributed by atoms with van der Waals surface area (Å²) < 4.78 is 10.5. The largest absolute Gasteiger partial charge is 0.493 e. The van der Waals surface area contributed by atoms with Crippen molar-refractivity contribution in [2.75, 3.05) is 51.0 Å². The first-order valence-electron chi connectivity index (χ1n) is 8.83. The van der Waals surface area contributed by atoms with E-state index < -0.39 is 5.97 Å². The van der Waals surface area contributed by atoms with Gasteiger partial charge in [-0.3, -0.25) is 4.79 Å². The van der Waals surface area contributed by atoms with Gasteiger partial charge in [0.25, 0.3) is 5.91 Å². The summed E-state index contributed by atoms with van der Waals surface area (Å²) in [6.45, 7) is 2.25. The van der Waals surface area contributed by atoms with Crippen LogP contribution in [0, 0.1) is 0 Å². The number of carboxylic acid groups (broad SMARTS) is 1. The van der Waals surface area contributed by atoms with E-state index in [1.165, 1.54) is 7.11 Å². The van der Waals surface area contributed by atoms with Crippen LogP contribution in [-0.4, -0.2) is 62.3 Å². The van der Waals surface area contributed by atoms with Gasteiger partial charge in [0.05, 0.1) is 19.8 Å². The minimum absolute atomic E-state index is 0.0795. The third-order valence-electron chi connectivity index (χ3n) is 4.83. The van der Waals surface area contributed by atoms with Crippen molar-refractivity contribution in [1.29, 1.82) is 0 Å². The number of hydrogen-bond donors (Lipinski definition) is 2. The predicted molar refractivity (Wildman–Crippen MR) is 105 cm³/mol. The van der Waals surface area contributed by atoms with E-state index >= 15 is 0 Å². The number of piperazine rings is 1. The molecular formula is C20H23N3O5. The zero-order valence-corrected chi connectivity index (χ0v) is 15.8. The molecule has 1 fully saturated rings. The molecule has 0 unspecified atom stereocenters. The van der Waals surface area contributed by atoms with Crippen LogP contribution in [0.3, 0.4) is 0 Å². The summed E-state index contributed by atoms with van der Waals surface area (Å²) in [5.41, 5.74) is 7.35. The van der Waals surface area contributed by atoms with Gasteiger partial charge in [-0.25, -0.2) is 4.79 Å². The highest BCUT2D eigenvalue weighted by Crippen LogP contribution is 2.28. The summed E-state index contributed by atoms with van der Waals surface area (Å²) in [4.78, 5) is 27.9. The van der Waals surface area contributed by atoms with Crippen molar-refractivity contribution in [1.82, 2.24) is 4.90 Å². The van der Waals surface area contributed by atoms with Crippen molar-refractivity contribution >= 4 is 23.3 Å². The molecule has 148 valence electrons. The maximum absolute atomic E-state index is 12.8. The van der Waals surface area contributed by atoms with Crippen LogP contribution in [0.4, 0.5) is 11.4 Å². The normalized spacial score (nSPS) is 13.9. The lowest BCUT2D eigenvalue weighted by Crippen LogP contribution is -2.48. The van der Waals surface area contributed by atoms with Crippen molar-refractivity contribution in [2.24, 2.45) is 0 Å². The number of nitrogen functional groups attached to an aromatic ring is 1. The summed E-state index contributed by atoms with van der Waals surface area (Å²) in [5.74, 6) is -0.0535. The zero-order valence-electron chi connectivity index (χ0n) is 15.8. The highest BCUT2D eigenvalue weighted by atomic mass is 16.5. The van der Waals surface area contributed by atoms with Crippen LogP contribution < -0.4 is 20.1 Å². The quantitative estimate of drug-likeness (QED) is 0.758. The molecule has 1 saturated heterocycles. The SMILES string of the molecule is COc1ccc(C(=O)N2CCN(c3ccc(N)c(C(=O)O)c3)CC2)cc1OC. The van der Waals surface area contributed by atoms with Crippen LogP contribution in [0.15, 0.2) is 36.4 Å². The van der Waals surface area contributed by atoms with Crippen molar-refractivity contribution in [3.05, 3.63) is 47.5 Å². The number of nitrogens with zero attached hydrogens (tertiary/aromatic N) is 2. The van der Waals surface area contributed by atoms with Crippen LogP contribution in [-0.2, 0) is 0 Å². The monoisotopic (exact) mass is 385 g/mol. The highest BCUT2D eigenvalue weighted by molar-refractivity contribution is 5.96. The molecule has 0 aromatic heterocycles.